The number of fused-ring (bicyclic) bond motifs is 1. The molecule has 0 aliphatic heterocycles. The third-order valence-electron chi connectivity index (χ3n) is 3.57. The minimum Gasteiger partial charge on any atom is -0.307 e. The molecule has 3 rings (SSSR count). The van der Waals surface area contributed by atoms with Gasteiger partial charge in [0.1, 0.15) is 5.65 Å². The average Bonchev–Trinajstić information content (AvgIpc) is 2.77. The molecule has 0 radical (unpaired) electrons. The zero-order valence-corrected chi connectivity index (χ0v) is 11.9. The summed E-state index contributed by atoms with van der Waals surface area (Å²) in [5.74, 6) is 0. The quantitative estimate of drug-likeness (QED) is 0.784. The molecular weight excluding hydrogens is 246 g/mol. The van der Waals surface area contributed by atoms with Gasteiger partial charge in [0.2, 0.25) is 0 Å². The first-order chi connectivity index (χ1) is 9.74. The van der Waals surface area contributed by atoms with Crippen molar-refractivity contribution in [1.29, 1.82) is 0 Å². The van der Waals surface area contributed by atoms with Gasteiger partial charge in [-0.3, -0.25) is 0 Å². The monoisotopic (exact) mass is 265 g/mol. The lowest BCUT2D eigenvalue weighted by atomic mass is 10.1. The van der Waals surface area contributed by atoms with Crippen LogP contribution in [0.3, 0.4) is 0 Å². The molecule has 3 heteroatoms. The zero-order chi connectivity index (χ0) is 13.9. The number of rotatable bonds is 4. The standard InChI is InChI=1S/C17H19N3/c1-13-6-8-15(9-7-13)11-18-12-16-14(2)19-17-5-3-4-10-20(16)17/h3-10,18H,11-12H2,1-2H3. The van der Waals surface area contributed by atoms with Crippen LogP contribution in [0.15, 0.2) is 48.7 Å². The van der Waals surface area contributed by atoms with Crippen molar-refractivity contribution in [3.8, 4) is 0 Å². The lowest BCUT2D eigenvalue weighted by molar-refractivity contribution is 0.672. The van der Waals surface area contributed by atoms with Gasteiger partial charge in [0, 0.05) is 19.3 Å². The van der Waals surface area contributed by atoms with Gasteiger partial charge in [-0.15, -0.1) is 0 Å². The SMILES string of the molecule is Cc1ccc(CNCc2c(C)nc3ccccn23)cc1. The van der Waals surface area contributed by atoms with E-state index in [2.05, 4.69) is 59.0 Å². The Hall–Kier alpha value is -2.13. The van der Waals surface area contributed by atoms with Crippen LogP contribution in [0.4, 0.5) is 0 Å². The molecule has 1 aromatic carbocycles. The molecule has 102 valence electrons. The van der Waals surface area contributed by atoms with E-state index < -0.39 is 0 Å². The maximum Gasteiger partial charge on any atom is 0.137 e. The Balaban J connectivity index is 1.71. The van der Waals surface area contributed by atoms with Crippen molar-refractivity contribution in [2.45, 2.75) is 26.9 Å². The van der Waals surface area contributed by atoms with Crippen molar-refractivity contribution < 1.29 is 0 Å². The molecule has 0 fully saturated rings. The molecule has 2 aromatic heterocycles. The molecule has 1 N–H and O–H groups in total. The van der Waals surface area contributed by atoms with Crippen molar-refractivity contribution in [1.82, 2.24) is 14.7 Å². The fourth-order valence-corrected chi connectivity index (χ4v) is 2.41. The Bertz CT molecular complexity index is 711. The van der Waals surface area contributed by atoms with Crippen molar-refractivity contribution >= 4 is 5.65 Å². The molecule has 0 unspecified atom stereocenters. The number of pyridine rings is 1. The van der Waals surface area contributed by atoms with Crippen LogP contribution in [0.25, 0.3) is 5.65 Å². The van der Waals surface area contributed by atoms with E-state index in [0.717, 1.165) is 24.4 Å². The predicted molar refractivity (Wildman–Crippen MR) is 81.7 cm³/mol. The fraction of sp³-hybridized carbons (Fsp3) is 0.235. The van der Waals surface area contributed by atoms with E-state index in [4.69, 9.17) is 0 Å². The third-order valence-corrected chi connectivity index (χ3v) is 3.57. The van der Waals surface area contributed by atoms with Gasteiger partial charge in [-0.25, -0.2) is 4.98 Å². The summed E-state index contributed by atoms with van der Waals surface area (Å²) in [5, 5.41) is 3.50. The number of nitrogens with one attached hydrogen (secondary N) is 1. The molecule has 0 atom stereocenters. The minimum atomic E-state index is 0.824. The summed E-state index contributed by atoms with van der Waals surface area (Å²) in [6.07, 6.45) is 2.07. The molecule has 0 saturated carbocycles. The summed E-state index contributed by atoms with van der Waals surface area (Å²) in [5.41, 5.74) is 5.94. The van der Waals surface area contributed by atoms with Gasteiger partial charge in [-0.05, 0) is 31.5 Å². The molecule has 0 aliphatic rings. The summed E-state index contributed by atoms with van der Waals surface area (Å²) in [6, 6.07) is 14.7. The largest absolute Gasteiger partial charge is 0.307 e. The smallest absolute Gasteiger partial charge is 0.137 e. The number of imidazole rings is 1. The van der Waals surface area contributed by atoms with Crippen LogP contribution < -0.4 is 5.32 Å². The van der Waals surface area contributed by atoms with Crippen LogP contribution in [0.1, 0.15) is 22.5 Å². The van der Waals surface area contributed by atoms with Crippen molar-refractivity contribution in [3.05, 3.63) is 71.2 Å². The van der Waals surface area contributed by atoms with Gasteiger partial charge >= 0.3 is 0 Å². The summed E-state index contributed by atoms with van der Waals surface area (Å²) in [6.45, 7) is 5.87. The topological polar surface area (TPSA) is 29.3 Å². The maximum atomic E-state index is 4.57. The lowest BCUT2D eigenvalue weighted by Crippen LogP contribution is -2.14. The van der Waals surface area contributed by atoms with E-state index in [0.29, 0.717) is 0 Å². The maximum absolute atomic E-state index is 4.57. The van der Waals surface area contributed by atoms with E-state index in [-0.39, 0.29) is 0 Å². The first kappa shape index (κ1) is 12.9. The van der Waals surface area contributed by atoms with Crippen molar-refractivity contribution in [2.24, 2.45) is 0 Å². The van der Waals surface area contributed by atoms with E-state index in [9.17, 15) is 0 Å². The van der Waals surface area contributed by atoms with Crippen LogP contribution in [0.2, 0.25) is 0 Å². The summed E-state index contributed by atoms with van der Waals surface area (Å²) in [7, 11) is 0. The van der Waals surface area contributed by atoms with E-state index in [1.165, 1.54) is 16.8 Å². The Morgan fingerprint density at radius 2 is 1.80 bits per heavy atom. The van der Waals surface area contributed by atoms with E-state index in [1.54, 1.807) is 0 Å². The van der Waals surface area contributed by atoms with Crippen LogP contribution in [-0.2, 0) is 13.1 Å². The molecular formula is C17H19N3. The Labute approximate surface area is 119 Å². The van der Waals surface area contributed by atoms with Gasteiger partial charge in [0.05, 0.1) is 11.4 Å². The molecule has 0 bridgehead atoms. The molecule has 3 nitrogen and oxygen atoms in total. The third kappa shape index (κ3) is 2.58. The molecule has 0 saturated heterocycles. The zero-order valence-electron chi connectivity index (χ0n) is 11.9. The van der Waals surface area contributed by atoms with E-state index >= 15 is 0 Å². The highest BCUT2D eigenvalue weighted by molar-refractivity contribution is 5.42. The number of hydrogen-bond acceptors (Lipinski definition) is 2. The fourth-order valence-electron chi connectivity index (χ4n) is 2.41. The molecule has 20 heavy (non-hydrogen) atoms. The van der Waals surface area contributed by atoms with Crippen LogP contribution >= 0.6 is 0 Å². The number of benzene rings is 1. The molecule has 3 aromatic rings. The first-order valence-electron chi connectivity index (χ1n) is 6.93. The number of aromatic nitrogens is 2. The Morgan fingerprint density at radius 3 is 2.60 bits per heavy atom. The second-order valence-electron chi connectivity index (χ2n) is 5.16. The Kier molecular flexibility index (Phi) is 3.52. The summed E-state index contributed by atoms with van der Waals surface area (Å²) in [4.78, 5) is 4.57. The van der Waals surface area contributed by atoms with Gasteiger partial charge in [0.25, 0.3) is 0 Å². The van der Waals surface area contributed by atoms with Crippen molar-refractivity contribution in [3.63, 3.8) is 0 Å². The highest BCUT2D eigenvalue weighted by atomic mass is 15.0. The van der Waals surface area contributed by atoms with Gasteiger partial charge in [-0.1, -0.05) is 35.9 Å². The highest BCUT2D eigenvalue weighted by Gasteiger charge is 2.07. The molecule has 2 heterocycles. The first-order valence-corrected chi connectivity index (χ1v) is 6.93. The van der Waals surface area contributed by atoms with Crippen LogP contribution in [0, 0.1) is 13.8 Å². The minimum absolute atomic E-state index is 0.824. The summed E-state index contributed by atoms with van der Waals surface area (Å²) >= 11 is 0. The number of aryl methyl sites for hydroxylation is 2. The highest BCUT2D eigenvalue weighted by Crippen LogP contribution is 2.11. The van der Waals surface area contributed by atoms with Gasteiger partial charge in [-0.2, -0.15) is 0 Å². The van der Waals surface area contributed by atoms with Crippen molar-refractivity contribution in [2.75, 3.05) is 0 Å². The lowest BCUT2D eigenvalue weighted by Gasteiger charge is -2.06. The van der Waals surface area contributed by atoms with Gasteiger partial charge < -0.3 is 9.72 Å². The molecule has 0 aliphatic carbocycles. The normalized spacial score (nSPS) is 11.1. The van der Waals surface area contributed by atoms with Crippen LogP contribution in [-0.4, -0.2) is 9.38 Å². The predicted octanol–water partition coefficient (Wildman–Crippen LogP) is 3.24. The molecule has 0 amide bonds. The average molecular weight is 265 g/mol. The van der Waals surface area contributed by atoms with E-state index in [1.807, 2.05) is 18.2 Å². The second kappa shape index (κ2) is 5.47. The molecule has 0 spiro atoms. The van der Waals surface area contributed by atoms with Gasteiger partial charge in [0.15, 0.2) is 0 Å². The second-order valence-corrected chi connectivity index (χ2v) is 5.16. The Morgan fingerprint density at radius 1 is 1.00 bits per heavy atom. The number of hydrogen-bond donors (Lipinski definition) is 1. The summed E-state index contributed by atoms with van der Waals surface area (Å²) < 4.78 is 2.15. The van der Waals surface area contributed by atoms with Crippen LogP contribution in [0.5, 0.6) is 0 Å². The number of nitrogens with zero attached hydrogens (tertiary/aromatic N) is 2.